The second-order valence-corrected chi connectivity index (χ2v) is 8.65. The molecule has 3 unspecified atom stereocenters. The van der Waals surface area contributed by atoms with Crippen LogP contribution in [0.25, 0.3) is 0 Å². The molecule has 0 amide bonds. The number of carbonyl (C=O) groups excluding carboxylic acids is 2. The molecule has 0 aromatic heterocycles. The van der Waals surface area contributed by atoms with Gasteiger partial charge in [-0.25, -0.2) is 22.7 Å². The van der Waals surface area contributed by atoms with Crippen molar-refractivity contribution in [2.75, 3.05) is 13.2 Å². The van der Waals surface area contributed by atoms with E-state index in [4.69, 9.17) is 25.8 Å². The second-order valence-electron chi connectivity index (χ2n) is 6.51. The number of halogens is 1. The maximum atomic E-state index is 12.5. The summed E-state index contributed by atoms with van der Waals surface area (Å²) in [5.74, 6) is -1.44. The number of nitrogens with one attached hydrogen (secondary N) is 1. The molecule has 10 heteroatoms. The van der Waals surface area contributed by atoms with E-state index in [1.807, 2.05) is 0 Å². The van der Waals surface area contributed by atoms with Crippen LogP contribution in [-0.4, -0.2) is 51.8 Å². The van der Waals surface area contributed by atoms with E-state index < -0.39 is 28.1 Å². The first-order chi connectivity index (χ1) is 12.8. The summed E-state index contributed by atoms with van der Waals surface area (Å²) in [7, 11) is -3.94. The fourth-order valence-corrected chi connectivity index (χ4v) is 4.53. The fourth-order valence-electron chi connectivity index (χ4n) is 2.94. The van der Waals surface area contributed by atoms with Gasteiger partial charge in [0, 0.05) is 19.6 Å². The van der Waals surface area contributed by atoms with Crippen molar-refractivity contribution in [3.05, 3.63) is 28.8 Å². The zero-order valence-corrected chi connectivity index (χ0v) is 16.2. The molecule has 2 saturated heterocycles. The van der Waals surface area contributed by atoms with Crippen LogP contribution in [0, 0.1) is 0 Å². The van der Waals surface area contributed by atoms with Gasteiger partial charge in [0.1, 0.15) is 11.0 Å². The van der Waals surface area contributed by atoms with Crippen molar-refractivity contribution in [3.63, 3.8) is 0 Å². The molecule has 0 spiro atoms. The molecular formula is C17H20ClNO7S. The van der Waals surface area contributed by atoms with Crippen LogP contribution in [0.15, 0.2) is 23.1 Å². The van der Waals surface area contributed by atoms with E-state index in [0.717, 1.165) is 18.9 Å². The van der Waals surface area contributed by atoms with Crippen LogP contribution in [-0.2, 0) is 29.0 Å². The van der Waals surface area contributed by atoms with Gasteiger partial charge in [0.25, 0.3) is 0 Å². The third-order valence-electron chi connectivity index (χ3n) is 4.36. The van der Waals surface area contributed by atoms with Gasteiger partial charge in [0.05, 0.1) is 16.7 Å². The summed E-state index contributed by atoms with van der Waals surface area (Å²) in [4.78, 5) is 23.7. The average Bonchev–Trinajstić information content (AvgIpc) is 3.23. The van der Waals surface area contributed by atoms with Gasteiger partial charge in [0.15, 0.2) is 0 Å². The van der Waals surface area contributed by atoms with Crippen molar-refractivity contribution in [2.24, 2.45) is 0 Å². The number of cyclic esters (lactones) is 1. The first-order valence-corrected chi connectivity index (χ1v) is 10.4. The molecule has 3 atom stereocenters. The van der Waals surface area contributed by atoms with Crippen LogP contribution in [0.4, 0.5) is 0 Å². The molecule has 27 heavy (non-hydrogen) atoms. The summed E-state index contributed by atoms with van der Waals surface area (Å²) in [6.07, 6.45) is 0.406. The van der Waals surface area contributed by atoms with Gasteiger partial charge in [-0.2, -0.15) is 0 Å². The number of rotatable bonds is 6. The first-order valence-electron chi connectivity index (χ1n) is 8.58. The minimum Gasteiger partial charge on any atom is -0.460 e. The number of sulfonamides is 1. The molecule has 1 aromatic carbocycles. The highest BCUT2D eigenvalue weighted by atomic mass is 35.5. The van der Waals surface area contributed by atoms with Crippen molar-refractivity contribution >= 4 is 33.6 Å². The highest BCUT2D eigenvalue weighted by Crippen LogP contribution is 2.25. The van der Waals surface area contributed by atoms with Crippen LogP contribution >= 0.6 is 11.6 Å². The molecule has 3 rings (SSSR count). The molecule has 8 nitrogen and oxygen atoms in total. The molecule has 0 aliphatic carbocycles. The lowest BCUT2D eigenvalue weighted by atomic mass is 10.2. The fraction of sp³-hybridized carbons (Fsp3) is 0.529. The van der Waals surface area contributed by atoms with E-state index >= 15 is 0 Å². The molecule has 2 aliphatic rings. The van der Waals surface area contributed by atoms with E-state index in [1.54, 1.807) is 6.92 Å². The SMILES string of the molecule is CC1CC(OC(=O)c2ccc(Cl)c(S(=O)(=O)NCC3CCCO3)c2)C(=O)O1. The van der Waals surface area contributed by atoms with Crippen molar-refractivity contribution in [1.29, 1.82) is 0 Å². The number of esters is 2. The molecule has 1 N–H and O–H groups in total. The lowest BCUT2D eigenvalue weighted by molar-refractivity contribution is -0.147. The van der Waals surface area contributed by atoms with E-state index in [-0.39, 0.29) is 40.7 Å². The molecule has 148 valence electrons. The van der Waals surface area contributed by atoms with Gasteiger partial charge in [0.2, 0.25) is 16.1 Å². The Kier molecular flexibility index (Phi) is 6.05. The van der Waals surface area contributed by atoms with Crippen LogP contribution in [0.2, 0.25) is 5.02 Å². The lowest BCUT2D eigenvalue weighted by Crippen LogP contribution is -2.32. The molecule has 2 aliphatic heterocycles. The Morgan fingerprint density at radius 2 is 2.19 bits per heavy atom. The monoisotopic (exact) mass is 417 g/mol. The summed E-state index contributed by atoms with van der Waals surface area (Å²) < 4.78 is 43.0. The molecule has 0 bridgehead atoms. The smallest absolute Gasteiger partial charge is 0.347 e. The highest BCUT2D eigenvalue weighted by molar-refractivity contribution is 7.89. The molecular weight excluding hydrogens is 398 g/mol. The number of benzene rings is 1. The quantitative estimate of drug-likeness (QED) is 0.701. The molecule has 1 aromatic rings. The maximum Gasteiger partial charge on any atom is 0.347 e. The van der Waals surface area contributed by atoms with Crippen molar-refractivity contribution in [3.8, 4) is 0 Å². The zero-order chi connectivity index (χ0) is 19.6. The normalized spacial score (nSPS) is 25.4. The Morgan fingerprint density at radius 1 is 1.41 bits per heavy atom. The highest BCUT2D eigenvalue weighted by Gasteiger charge is 2.35. The summed E-state index contributed by atoms with van der Waals surface area (Å²) in [5.41, 5.74) is -0.0238. The third-order valence-corrected chi connectivity index (χ3v) is 6.26. The van der Waals surface area contributed by atoms with Crippen molar-refractivity contribution < 1.29 is 32.2 Å². The van der Waals surface area contributed by atoms with Gasteiger partial charge in [-0.3, -0.25) is 0 Å². The molecule has 0 radical (unpaired) electrons. The Hall–Kier alpha value is -1.68. The summed E-state index contributed by atoms with van der Waals surface area (Å²) in [5, 5.41) is -0.0275. The van der Waals surface area contributed by atoms with Crippen LogP contribution < -0.4 is 4.72 Å². The summed E-state index contributed by atoms with van der Waals surface area (Å²) >= 11 is 6.02. The van der Waals surface area contributed by atoms with Gasteiger partial charge < -0.3 is 14.2 Å². The summed E-state index contributed by atoms with van der Waals surface area (Å²) in [6, 6.07) is 3.77. The van der Waals surface area contributed by atoms with E-state index in [9.17, 15) is 18.0 Å². The minimum atomic E-state index is -3.94. The predicted molar refractivity (Wildman–Crippen MR) is 95.0 cm³/mol. The van der Waals surface area contributed by atoms with Crippen LogP contribution in [0.1, 0.15) is 36.5 Å². The maximum absolute atomic E-state index is 12.5. The topological polar surface area (TPSA) is 108 Å². The Bertz CT molecular complexity index is 836. The Morgan fingerprint density at radius 3 is 2.81 bits per heavy atom. The average molecular weight is 418 g/mol. The van der Waals surface area contributed by atoms with E-state index in [2.05, 4.69) is 4.72 Å². The minimum absolute atomic E-state index is 0.0238. The third kappa shape index (κ3) is 4.78. The van der Waals surface area contributed by atoms with Crippen LogP contribution in [0.5, 0.6) is 0 Å². The van der Waals surface area contributed by atoms with E-state index in [1.165, 1.54) is 12.1 Å². The lowest BCUT2D eigenvalue weighted by Gasteiger charge is -2.13. The second kappa shape index (κ2) is 8.14. The predicted octanol–water partition coefficient (Wildman–Crippen LogP) is 1.66. The van der Waals surface area contributed by atoms with Gasteiger partial charge >= 0.3 is 11.9 Å². The number of hydrogen-bond donors (Lipinski definition) is 1. The Balaban J connectivity index is 1.73. The molecule has 2 heterocycles. The van der Waals surface area contributed by atoms with Gasteiger partial charge in [-0.1, -0.05) is 11.6 Å². The number of ether oxygens (including phenoxy) is 3. The van der Waals surface area contributed by atoms with Crippen molar-refractivity contribution in [2.45, 2.75) is 49.4 Å². The van der Waals surface area contributed by atoms with Crippen LogP contribution in [0.3, 0.4) is 0 Å². The first kappa shape index (κ1) is 20.1. The summed E-state index contributed by atoms with van der Waals surface area (Å²) in [6.45, 7) is 2.42. The Labute approximate surface area is 162 Å². The zero-order valence-electron chi connectivity index (χ0n) is 14.6. The molecule has 2 fully saturated rings. The molecule has 0 saturated carbocycles. The van der Waals surface area contributed by atoms with E-state index in [0.29, 0.717) is 6.61 Å². The van der Waals surface area contributed by atoms with Gasteiger partial charge in [-0.05, 0) is 38.0 Å². The number of carbonyl (C=O) groups is 2. The largest absolute Gasteiger partial charge is 0.460 e. The van der Waals surface area contributed by atoms with Crippen molar-refractivity contribution in [1.82, 2.24) is 4.72 Å². The number of hydrogen-bond acceptors (Lipinski definition) is 7. The van der Waals surface area contributed by atoms with Gasteiger partial charge in [-0.15, -0.1) is 0 Å². The standard InChI is InChI=1S/C17H20ClNO7S/c1-10-7-14(17(21)25-10)26-16(20)11-4-5-13(18)15(8-11)27(22,23)19-9-12-3-2-6-24-12/h4-5,8,10,12,14,19H,2-3,6-7,9H2,1H3.